The molecule has 0 bridgehead atoms. The number of benzene rings is 1. The van der Waals surface area contributed by atoms with Crippen LogP contribution in [0, 0.1) is 23.1 Å². The number of pyridine rings is 1. The van der Waals surface area contributed by atoms with Gasteiger partial charge in [-0.05, 0) is 116 Å². The fourth-order valence-electron chi connectivity index (χ4n) is 10.6. The van der Waals surface area contributed by atoms with Crippen molar-refractivity contribution in [2.75, 3.05) is 6.54 Å². The summed E-state index contributed by atoms with van der Waals surface area (Å²) in [6.45, 7) is 3.70. The molecule has 4 saturated carbocycles. The van der Waals surface area contributed by atoms with Crippen molar-refractivity contribution in [3.63, 3.8) is 0 Å². The monoisotopic (exact) mass is 847 g/mol. The van der Waals surface area contributed by atoms with Crippen LogP contribution >= 0.6 is 0 Å². The van der Waals surface area contributed by atoms with Gasteiger partial charge in [0.1, 0.15) is 28.3 Å². The molecule has 326 valence electrons. The average Bonchev–Trinajstić information content (AvgIpc) is 4.13. The topological polar surface area (TPSA) is 149 Å². The number of esters is 1. The number of hydrogen-bond acceptors (Lipinski definition) is 9. The van der Waals surface area contributed by atoms with Crippen LogP contribution in [-0.4, -0.2) is 70.4 Å². The molecule has 13 heteroatoms. The first-order valence-electron chi connectivity index (χ1n) is 22.2. The molecule has 1 aromatic heterocycles. The maximum Gasteiger partial charge on any atom is 0.307 e. The van der Waals surface area contributed by atoms with Crippen molar-refractivity contribution in [2.24, 2.45) is 17.3 Å². The van der Waals surface area contributed by atoms with Crippen molar-refractivity contribution in [3.05, 3.63) is 47.4 Å². The molecule has 3 aliphatic heterocycles. The van der Waals surface area contributed by atoms with E-state index in [0.29, 0.717) is 67.3 Å². The summed E-state index contributed by atoms with van der Waals surface area (Å²) >= 11 is 0. The molecular weight excluding hydrogens is 786 g/mol. The Balaban J connectivity index is 0.00000499. The van der Waals surface area contributed by atoms with Crippen LogP contribution in [-0.2, 0) is 40.4 Å². The summed E-state index contributed by atoms with van der Waals surface area (Å²) in [5.74, 6) is -2.38. The fraction of sp³-hybridized carbons (Fsp3) is 0.681. The molecule has 5 atom stereocenters. The number of carbonyl (C=O) groups excluding carboxylic acids is 4. The van der Waals surface area contributed by atoms with Crippen LogP contribution in [0.15, 0.2) is 30.4 Å². The van der Waals surface area contributed by atoms with E-state index < -0.39 is 55.2 Å². The summed E-state index contributed by atoms with van der Waals surface area (Å²) in [6, 6.07) is 3.98. The molecule has 5 fully saturated rings. The van der Waals surface area contributed by atoms with Gasteiger partial charge in [-0.3, -0.25) is 23.9 Å². The van der Waals surface area contributed by atoms with Gasteiger partial charge in [0.15, 0.2) is 5.78 Å². The molecule has 0 radical (unpaired) electrons. The number of aromatic nitrogens is 1. The van der Waals surface area contributed by atoms with Crippen LogP contribution < -0.4 is 9.46 Å². The van der Waals surface area contributed by atoms with E-state index in [2.05, 4.69) is 4.72 Å². The molecule has 2 amide bonds. The van der Waals surface area contributed by atoms with E-state index in [9.17, 15) is 22.8 Å². The zero-order valence-corrected chi connectivity index (χ0v) is 35.3. The van der Waals surface area contributed by atoms with Crippen molar-refractivity contribution in [2.45, 2.75) is 178 Å². The fourth-order valence-corrected chi connectivity index (χ4v) is 11.9. The number of rotatable bonds is 7. The van der Waals surface area contributed by atoms with Gasteiger partial charge in [-0.25, -0.2) is 17.8 Å². The summed E-state index contributed by atoms with van der Waals surface area (Å²) < 4.78 is 56.3. The molecule has 7 aliphatic rings. The third-order valence-electron chi connectivity index (χ3n) is 15.0. The largest absolute Gasteiger partial charge is 0.483 e. The van der Waals surface area contributed by atoms with Crippen LogP contribution in [0.4, 0.5) is 4.39 Å². The van der Waals surface area contributed by atoms with E-state index in [1.54, 1.807) is 17.9 Å². The molecule has 4 aliphatic carbocycles. The number of hydrogen-bond donors (Lipinski definition) is 1. The number of para-hydroxylation sites is 1. The van der Waals surface area contributed by atoms with E-state index in [1.807, 2.05) is 25.1 Å². The number of fused-ring (bicyclic) bond motifs is 5. The Labute approximate surface area is 354 Å². The molecule has 1 spiro atoms. The molecule has 1 N–H and O–H groups in total. The van der Waals surface area contributed by atoms with Gasteiger partial charge in [-0.1, -0.05) is 51.0 Å². The van der Waals surface area contributed by atoms with Crippen LogP contribution in [0.1, 0.15) is 160 Å². The molecule has 2 aromatic rings. The number of halogens is 1. The van der Waals surface area contributed by atoms with Crippen molar-refractivity contribution >= 4 is 44.5 Å². The van der Waals surface area contributed by atoms with Crippen molar-refractivity contribution in [3.8, 4) is 5.75 Å². The van der Waals surface area contributed by atoms with E-state index >= 15 is 9.18 Å². The second kappa shape index (κ2) is 15.8. The molecule has 9 rings (SSSR count). The molecule has 4 heterocycles. The van der Waals surface area contributed by atoms with E-state index in [4.69, 9.17) is 14.5 Å². The highest BCUT2D eigenvalue weighted by Gasteiger charge is 2.63. The third-order valence-corrected chi connectivity index (χ3v) is 17.1. The standard InChI is InChI=1S/C46H58FN3O8S.CH4/c1-43(19-9-6-10-20-43)57-37(52)24-30-12-7-4-3-5-8-13-31-25-46(31,42(54)49-59(55,56)44(2)22-23-44)27-36(51)35-26-45(28-50(35)41(30)53)21-18-33-32-14-11-15-34(47)39(32)48-38(29-16-17-29)40(33)58-45;/h8,11,13-15,29-31,35H,3-7,9-10,12,16-28H2,1-2H3,(H,49,54);1H4/b13-8-;/t30-,31-,35+,45-,46-;/m1./s1. The second-order valence-corrected chi connectivity index (χ2v) is 21.8. The molecule has 11 nitrogen and oxygen atoms in total. The maximum atomic E-state index is 15.1. The number of allylic oxidation sites excluding steroid dienone is 2. The van der Waals surface area contributed by atoms with Gasteiger partial charge in [-0.15, -0.1) is 0 Å². The Hall–Kier alpha value is -3.87. The smallest absolute Gasteiger partial charge is 0.307 e. The number of ether oxygens (including phenoxy) is 2. The minimum atomic E-state index is -3.96. The van der Waals surface area contributed by atoms with Crippen LogP contribution in [0.2, 0.25) is 0 Å². The Morgan fingerprint density at radius 1 is 0.983 bits per heavy atom. The summed E-state index contributed by atoms with van der Waals surface area (Å²) in [5, 5.41) is 0.695. The first-order valence-corrected chi connectivity index (χ1v) is 23.7. The van der Waals surface area contributed by atoms with E-state index in [0.717, 1.165) is 69.8 Å². The van der Waals surface area contributed by atoms with Gasteiger partial charge in [0, 0.05) is 35.6 Å². The lowest BCUT2D eigenvalue weighted by Crippen LogP contribution is -2.48. The molecular formula is C47H62FN3O8S. The number of amides is 2. The lowest BCUT2D eigenvalue weighted by Gasteiger charge is -2.37. The predicted octanol–water partition coefficient (Wildman–Crippen LogP) is 8.31. The number of nitrogens with one attached hydrogen (secondary N) is 1. The molecule has 1 aromatic carbocycles. The predicted molar refractivity (Wildman–Crippen MR) is 225 cm³/mol. The molecule has 60 heavy (non-hydrogen) atoms. The lowest BCUT2D eigenvalue weighted by atomic mass is 9.85. The maximum absolute atomic E-state index is 15.1. The minimum absolute atomic E-state index is 0. The number of nitrogens with zero attached hydrogens (tertiary/aromatic N) is 2. The highest BCUT2D eigenvalue weighted by Crippen LogP contribution is 2.58. The van der Waals surface area contributed by atoms with E-state index in [1.165, 1.54) is 6.07 Å². The third kappa shape index (κ3) is 8.01. The van der Waals surface area contributed by atoms with Gasteiger partial charge >= 0.3 is 5.97 Å². The molecule has 1 saturated heterocycles. The van der Waals surface area contributed by atoms with Crippen molar-refractivity contribution in [1.82, 2.24) is 14.6 Å². The summed E-state index contributed by atoms with van der Waals surface area (Å²) in [6.07, 6.45) is 16.1. The van der Waals surface area contributed by atoms with Gasteiger partial charge < -0.3 is 14.4 Å². The summed E-state index contributed by atoms with van der Waals surface area (Å²) in [5.41, 5.74) is -0.877. The Morgan fingerprint density at radius 3 is 2.47 bits per heavy atom. The Kier molecular flexibility index (Phi) is 11.3. The SMILES string of the molecule is C.CC1(OC(=O)C[C@H]2CCCCC/C=C\[C@@H]3C[C@@]3(C(=O)NS(=O)(=O)C3(C)CC3)CC(=O)[C@@H]3C[C@]4(CCc5c(c(C6CC6)nc6c(F)cccc56)O4)CN3C2=O)CCCCC1. The number of Topliss-reactive ketones (excluding diaryl/α,β-unsaturated/α-hetero) is 1. The van der Waals surface area contributed by atoms with Gasteiger partial charge in [-0.2, -0.15) is 0 Å². The highest BCUT2D eigenvalue weighted by molar-refractivity contribution is 7.91. The zero-order valence-electron chi connectivity index (χ0n) is 34.5. The van der Waals surface area contributed by atoms with Gasteiger partial charge in [0.25, 0.3) is 0 Å². The molecule has 0 unspecified atom stereocenters. The first kappa shape index (κ1) is 42.8. The zero-order chi connectivity index (χ0) is 41.4. The minimum Gasteiger partial charge on any atom is -0.483 e. The normalized spacial score (nSPS) is 31.6. The summed E-state index contributed by atoms with van der Waals surface area (Å²) in [7, 11) is -3.96. The van der Waals surface area contributed by atoms with Crippen LogP contribution in [0.5, 0.6) is 5.75 Å². The van der Waals surface area contributed by atoms with Crippen LogP contribution in [0.3, 0.4) is 0 Å². The Bertz CT molecular complexity index is 2210. The average molecular weight is 848 g/mol. The van der Waals surface area contributed by atoms with Crippen molar-refractivity contribution < 1.29 is 41.5 Å². The number of aryl methyl sites for hydroxylation is 1. The van der Waals surface area contributed by atoms with Crippen LogP contribution in [0.25, 0.3) is 10.9 Å². The first-order chi connectivity index (χ1) is 28.1. The second-order valence-electron chi connectivity index (χ2n) is 19.6. The highest BCUT2D eigenvalue weighted by atomic mass is 32.2. The van der Waals surface area contributed by atoms with Gasteiger partial charge in [0.05, 0.1) is 34.9 Å². The Morgan fingerprint density at radius 2 is 1.73 bits per heavy atom. The number of sulfonamides is 1. The van der Waals surface area contributed by atoms with Gasteiger partial charge in [0.2, 0.25) is 21.8 Å². The van der Waals surface area contributed by atoms with Crippen molar-refractivity contribution in [1.29, 1.82) is 0 Å². The number of carbonyl (C=O) groups is 4. The number of ketones is 1. The van der Waals surface area contributed by atoms with E-state index in [-0.39, 0.29) is 62.6 Å². The quantitative estimate of drug-likeness (QED) is 0.215. The summed E-state index contributed by atoms with van der Waals surface area (Å²) in [4.78, 5) is 64.3. The lowest BCUT2D eigenvalue weighted by molar-refractivity contribution is -0.164.